The molecule has 3 aromatic rings. The third kappa shape index (κ3) is 4.53. The quantitative estimate of drug-likeness (QED) is 0.623. The number of aromatic nitrogens is 2. The summed E-state index contributed by atoms with van der Waals surface area (Å²) >= 11 is 0. The summed E-state index contributed by atoms with van der Waals surface area (Å²) in [5.74, 6) is 1.20. The number of hydrogen-bond acceptors (Lipinski definition) is 4. The highest BCUT2D eigenvalue weighted by atomic mass is 35.5. The molecule has 0 spiro atoms. The molecule has 0 aliphatic rings. The predicted molar refractivity (Wildman–Crippen MR) is 104 cm³/mol. The molecule has 2 heterocycles. The molecule has 3 rings (SSSR count). The van der Waals surface area contributed by atoms with Crippen molar-refractivity contribution in [3.63, 3.8) is 0 Å². The van der Waals surface area contributed by atoms with Gasteiger partial charge in [-0.05, 0) is 37.7 Å². The van der Waals surface area contributed by atoms with Gasteiger partial charge in [-0.2, -0.15) is 5.10 Å². The fourth-order valence-electron chi connectivity index (χ4n) is 2.53. The van der Waals surface area contributed by atoms with Gasteiger partial charge < -0.3 is 15.1 Å². The highest BCUT2D eigenvalue weighted by Gasteiger charge is 2.20. The third-order valence-electron chi connectivity index (χ3n) is 3.79. The molecule has 7 heteroatoms. The highest BCUT2D eigenvalue weighted by Crippen LogP contribution is 2.25. The maximum atomic E-state index is 12.6. The number of hydrogen-bond donors (Lipinski definition) is 2. The molecular weight excluding hydrogens is 352 g/mol. The van der Waals surface area contributed by atoms with Crippen molar-refractivity contribution < 1.29 is 9.21 Å². The van der Waals surface area contributed by atoms with Crippen LogP contribution in [0.25, 0.3) is 17.1 Å². The molecular formula is C19H23ClN4O2. The summed E-state index contributed by atoms with van der Waals surface area (Å²) in [4.78, 5) is 12.6. The largest absolute Gasteiger partial charge is 0.460 e. The van der Waals surface area contributed by atoms with E-state index < -0.39 is 0 Å². The second-order valence-electron chi connectivity index (χ2n) is 5.69. The van der Waals surface area contributed by atoms with E-state index >= 15 is 0 Å². The number of aryl methyl sites for hydroxylation is 1. The van der Waals surface area contributed by atoms with Crippen LogP contribution in [-0.2, 0) is 0 Å². The van der Waals surface area contributed by atoms with Crippen LogP contribution in [0.15, 0.2) is 53.1 Å². The van der Waals surface area contributed by atoms with Gasteiger partial charge in [-0.15, -0.1) is 12.4 Å². The standard InChI is InChI=1S/C19H22N4O2.ClH/c1-3-20-11-12-21-19(24)16-13-23(15-7-5-4-6-8-15)22-18(16)17-10-9-14(2)25-17;/h4-10,13,20H,3,11-12H2,1-2H3,(H,21,24);1H. The molecule has 2 aromatic heterocycles. The third-order valence-corrected chi connectivity index (χ3v) is 3.79. The number of carbonyl (C=O) groups is 1. The van der Waals surface area contributed by atoms with E-state index in [4.69, 9.17) is 4.42 Å². The Morgan fingerprint density at radius 1 is 1.15 bits per heavy atom. The van der Waals surface area contributed by atoms with E-state index in [1.165, 1.54) is 0 Å². The van der Waals surface area contributed by atoms with Gasteiger partial charge in [0, 0.05) is 19.3 Å². The normalized spacial score (nSPS) is 10.4. The molecule has 2 N–H and O–H groups in total. The van der Waals surface area contributed by atoms with Crippen LogP contribution in [0.4, 0.5) is 0 Å². The molecule has 0 bridgehead atoms. The first-order chi connectivity index (χ1) is 12.2. The number of para-hydroxylation sites is 1. The summed E-state index contributed by atoms with van der Waals surface area (Å²) in [5.41, 5.74) is 1.92. The number of nitrogens with one attached hydrogen (secondary N) is 2. The lowest BCUT2D eigenvalue weighted by molar-refractivity contribution is 0.0954. The van der Waals surface area contributed by atoms with Gasteiger partial charge in [0.15, 0.2) is 5.76 Å². The van der Waals surface area contributed by atoms with Crippen LogP contribution in [0.1, 0.15) is 23.0 Å². The fourth-order valence-corrected chi connectivity index (χ4v) is 2.53. The maximum absolute atomic E-state index is 12.6. The maximum Gasteiger partial charge on any atom is 0.255 e. The Hall–Kier alpha value is -2.57. The van der Waals surface area contributed by atoms with E-state index in [9.17, 15) is 4.79 Å². The van der Waals surface area contributed by atoms with Crippen LogP contribution in [-0.4, -0.2) is 35.3 Å². The zero-order chi connectivity index (χ0) is 17.6. The summed E-state index contributed by atoms with van der Waals surface area (Å²) in [6.07, 6.45) is 1.74. The van der Waals surface area contributed by atoms with Gasteiger partial charge in [-0.1, -0.05) is 25.1 Å². The lowest BCUT2D eigenvalue weighted by atomic mass is 10.2. The number of furan rings is 1. The van der Waals surface area contributed by atoms with E-state index in [-0.39, 0.29) is 18.3 Å². The van der Waals surface area contributed by atoms with Gasteiger partial charge in [-0.25, -0.2) is 4.68 Å². The molecule has 0 saturated carbocycles. The zero-order valence-corrected chi connectivity index (χ0v) is 15.7. The minimum Gasteiger partial charge on any atom is -0.460 e. The molecule has 0 atom stereocenters. The molecule has 0 radical (unpaired) electrons. The smallest absolute Gasteiger partial charge is 0.255 e. The van der Waals surface area contributed by atoms with Gasteiger partial charge in [0.05, 0.1) is 11.3 Å². The first-order valence-electron chi connectivity index (χ1n) is 8.40. The Morgan fingerprint density at radius 3 is 2.58 bits per heavy atom. The molecule has 138 valence electrons. The Balaban J connectivity index is 0.00000243. The monoisotopic (exact) mass is 374 g/mol. The summed E-state index contributed by atoms with van der Waals surface area (Å²) < 4.78 is 7.39. The number of likely N-dealkylation sites (N-methyl/N-ethyl adjacent to an activating group) is 1. The Bertz CT molecular complexity index is 842. The Kier molecular flexibility index (Phi) is 7.00. The van der Waals surface area contributed by atoms with Crippen LogP contribution < -0.4 is 10.6 Å². The number of amides is 1. The van der Waals surface area contributed by atoms with E-state index in [2.05, 4.69) is 15.7 Å². The second-order valence-corrected chi connectivity index (χ2v) is 5.69. The average Bonchev–Trinajstić information content (AvgIpc) is 3.25. The molecule has 6 nitrogen and oxygen atoms in total. The lowest BCUT2D eigenvalue weighted by Crippen LogP contribution is -2.31. The Labute approximate surface area is 159 Å². The van der Waals surface area contributed by atoms with Crippen molar-refractivity contribution in [1.82, 2.24) is 20.4 Å². The summed E-state index contributed by atoms with van der Waals surface area (Å²) in [6.45, 7) is 6.06. The van der Waals surface area contributed by atoms with E-state index in [1.54, 1.807) is 10.9 Å². The van der Waals surface area contributed by atoms with Crippen molar-refractivity contribution in [1.29, 1.82) is 0 Å². The molecule has 0 saturated heterocycles. The van der Waals surface area contributed by atoms with Crippen molar-refractivity contribution in [2.75, 3.05) is 19.6 Å². The van der Waals surface area contributed by atoms with Gasteiger partial charge in [0.1, 0.15) is 11.5 Å². The second kappa shape index (κ2) is 9.22. The van der Waals surface area contributed by atoms with E-state index in [1.807, 2.05) is 56.3 Å². The summed E-state index contributed by atoms with van der Waals surface area (Å²) in [7, 11) is 0. The van der Waals surface area contributed by atoms with Crippen molar-refractivity contribution in [3.05, 3.63) is 60.0 Å². The van der Waals surface area contributed by atoms with Crippen LogP contribution in [0.2, 0.25) is 0 Å². The number of rotatable bonds is 7. The summed E-state index contributed by atoms with van der Waals surface area (Å²) in [6, 6.07) is 13.4. The minimum absolute atomic E-state index is 0. The lowest BCUT2D eigenvalue weighted by Gasteiger charge is -2.04. The molecule has 26 heavy (non-hydrogen) atoms. The first-order valence-corrected chi connectivity index (χ1v) is 8.40. The van der Waals surface area contributed by atoms with E-state index in [0.717, 1.165) is 24.5 Å². The number of halogens is 1. The van der Waals surface area contributed by atoms with Crippen molar-refractivity contribution in [3.8, 4) is 17.1 Å². The number of carbonyl (C=O) groups excluding carboxylic acids is 1. The topological polar surface area (TPSA) is 72.1 Å². The van der Waals surface area contributed by atoms with Crippen molar-refractivity contribution in [2.45, 2.75) is 13.8 Å². The molecule has 0 unspecified atom stereocenters. The highest BCUT2D eigenvalue weighted by molar-refractivity contribution is 5.99. The van der Waals surface area contributed by atoms with Crippen LogP contribution in [0.3, 0.4) is 0 Å². The molecule has 0 aliphatic carbocycles. The van der Waals surface area contributed by atoms with Crippen LogP contribution >= 0.6 is 12.4 Å². The minimum atomic E-state index is -0.163. The predicted octanol–water partition coefficient (Wildman–Crippen LogP) is 3.20. The van der Waals surface area contributed by atoms with E-state index in [0.29, 0.717) is 23.6 Å². The Morgan fingerprint density at radius 2 is 1.92 bits per heavy atom. The fraction of sp³-hybridized carbons (Fsp3) is 0.263. The van der Waals surface area contributed by atoms with Gasteiger partial charge >= 0.3 is 0 Å². The number of benzene rings is 1. The van der Waals surface area contributed by atoms with Gasteiger partial charge in [0.2, 0.25) is 0 Å². The number of nitrogens with zero attached hydrogens (tertiary/aromatic N) is 2. The molecule has 1 aromatic carbocycles. The molecule has 1 amide bonds. The first kappa shape index (κ1) is 19.8. The average molecular weight is 375 g/mol. The van der Waals surface area contributed by atoms with Crippen molar-refractivity contribution in [2.24, 2.45) is 0 Å². The molecule has 0 fully saturated rings. The zero-order valence-electron chi connectivity index (χ0n) is 14.9. The van der Waals surface area contributed by atoms with Crippen LogP contribution in [0, 0.1) is 6.92 Å². The van der Waals surface area contributed by atoms with Crippen LogP contribution in [0.5, 0.6) is 0 Å². The summed E-state index contributed by atoms with van der Waals surface area (Å²) in [5, 5.41) is 10.7. The SMILES string of the molecule is CCNCCNC(=O)c1cn(-c2ccccc2)nc1-c1ccc(C)o1.Cl. The van der Waals surface area contributed by atoms with Crippen molar-refractivity contribution >= 4 is 18.3 Å². The van der Waals surface area contributed by atoms with Gasteiger partial charge in [0.25, 0.3) is 5.91 Å². The van der Waals surface area contributed by atoms with Gasteiger partial charge in [-0.3, -0.25) is 4.79 Å². The molecule has 0 aliphatic heterocycles.